The minimum absolute atomic E-state index is 0.0233. The van der Waals surface area contributed by atoms with E-state index in [1.165, 1.54) is 16.4 Å². The summed E-state index contributed by atoms with van der Waals surface area (Å²) in [5.41, 5.74) is 2.15. The fourth-order valence-corrected chi connectivity index (χ4v) is 8.53. The summed E-state index contributed by atoms with van der Waals surface area (Å²) < 4.78 is 58.1. The van der Waals surface area contributed by atoms with Crippen molar-refractivity contribution in [3.63, 3.8) is 0 Å². The molecule has 10 nitrogen and oxygen atoms in total. The average molecular weight is 651 g/mol. The Hall–Kier alpha value is -3.68. The standard InChI is InChI=1S/C33H38N4O6S2/c1-33(2,3)26-11-13-27(14-12-26)44(40,41)36-19-20-37(45(42,43)28-15-16-29-25(22-28)10-7-18-34-29)31(23-36)32(39)35-30(17-21-38)24-8-5-4-6-9-24/h4-16,18,22,30-31,38H,17,19-21,23H2,1-3H3,(H,35,39)/t30-,31+/m0/s1. The van der Waals surface area contributed by atoms with E-state index in [9.17, 15) is 26.7 Å². The van der Waals surface area contributed by atoms with Gasteiger partial charge in [-0.2, -0.15) is 8.61 Å². The van der Waals surface area contributed by atoms with E-state index in [0.717, 1.165) is 15.4 Å². The van der Waals surface area contributed by atoms with Gasteiger partial charge in [0.25, 0.3) is 0 Å². The maximum Gasteiger partial charge on any atom is 0.243 e. The molecule has 4 aromatic rings. The second-order valence-electron chi connectivity index (χ2n) is 12.1. The number of hydrogen-bond acceptors (Lipinski definition) is 7. The van der Waals surface area contributed by atoms with Crippen molar-refractivity contribution in [2.45, 2.75) is 54.5 Å². The van der Waals surface area contributed by atoms with Crippen LogP contribution in [0.15, 0.2) is 101 Å². The molecule has 0 spiro atoms. The highest BCUT2D eigenvalue weighted by Gasteiger charge is 2.44. The molecule has 45 heavy (non-hydrogen) atoms. The Morgan fingerprint density at radius 2 is 1.60 bits per heavy atom. The molecule has 238 valence electrons. The van der Waals surface area contributed by atoms with Crippen LogP contribution in [-0.4, -0.2) is 73.7 Å². The maximum atomic E-state index is 14.1. The van der Waals surface area contributed by atoms with Crippen LogP contribution in [0.2, 0.25) is 0 Å². The Morgan fingerprint density at radius 3 is 2.27 bits per heavy atom. The van der Waals surface area contributed by atoms with Crippen molar-refractivity contribution in [3.8, 4) is 0 Å². The Balaban J connectivity index is 1.50. The number of rotatable bonds is 9. The number of fused-ring (bicyclic) bond motifs is 1. The van der Waals surface area contributed by atoms with E-state index < -0.39 is 38.0 Å². The van der Waals surface area contributed by atoms with Crippen molar-refractivity contribution in [1.29, 1.82) is 0 Å². The van der Waals surface area contributed by atoms with Crippen LogP contribution in [-0.2, 0) is 30.3 Å². The third kappa shape index (κ3) is 6.95. The molecular formula is C33H38N4O6S2. The van der Waals surface area contributed by atoms with Crippen LogP contribution >= 0.6 is 0 Å². The molecule has 0 saturated carbocycles. The largest absolute Gasteiger partial charge is 0.396 e. The van der Waals surface area contributed by atoms with Gasteiger partial charge in [-0.3, -0.25) is 9.78 Å². The van der Waals surface area contributed by atoms with E-state index in [0.29, 0.717) is 10.9 Å². The molecule has 0 aliphatic carbocycles. The van der Waals surface area contributed by atoms with Crippen LogP contribution in [0.25, 0.3) is 10.9 Å². The van der Waals surface area contributed by atoms with Crippen molar-refractivity contribution in [1.82, 2.24) is 18.9 Å². The number of nitrogens with one attached hydrogen (secondary N) is 1. The number of benzene rings is 3. The number of nitrogens with zero attached hydrogens (tertiary/aromatic N) is 3. The molecule has 1 aliphatic rings. The van der Waals surface area contributed by atoms with E-state index in [2.05, 4.69) is 10.3 Å². The van der Waals surface area contributed by atoms with E-state index in [4.69, 9.17) is 0 Å². The van der Waals surface area contributed by atoms with Crippen molar-refractivity contribution >= 4 is 36.9 Å². The molecule has 1 aromatic heterocycles. The number of pyridine rings is 1. The summed E-state index contributed by atoms with van der Waals surface area (Å²) >= 11 is 0. The highest BCUT2D eigenvalue weighted by molar-refractivity contribution is 7.89. The zero-order chi connectivity index (χ0) is 32.4. The van der Waals surface area contributed by atoms with Gasteiger partial charge < -0.3 is 10.4 Å². The molecule has 0 unspecified atom stereocenters. The monoisotopic (exact) mass is 650 g/mol. The molecule has 0 bridgehead atoms. The van der Waals surface area contributed by atoms with E-state index in [1.807, 2.05) is 26.8 Å². The minimum atomic E-state index is -4.24. The van der Waals surface area contributed by atoms with Crippen LogP contribution in [0.5, 0.6) is 0 Å². The molecule has 5 rings (SSSR count). The van der Waals surface area contributed by atoms with E-state index >= 15 is 0 Å². The molecule has 1 amide bonds. The first kappa shape index (κ1) is 32.7. The molecule has 2 N–H and O–H groups in total. The van der Waals surface area contributed by atoms with Gasteiger partial charge in [-0.15, -0.1) is 0 Å². The molecule has 3 aromatic carbocycles. The maximum absolute atomic E-state index is 14.1. The number of aliphatic hydroxyl groups is 1. The van der Waals surface area contributed by atoms with Gasteiger partial charge in [0.1, 0.15) is 6.04 Å². The van der Waals surface area contributed by atoms with Crippen LogP contribution in [0, 0.1) is 0 Å². The van der Waals surface area contributed by atoms with Gasteiger partial charge >= 0.3 is 0 Å². The number of amides is 1. The van der Waals surface area contributed by atoms with Crippen LogP contribution in [0.1, 0.15) is 44.4 Å². The van der Waals surface area contributed by atoms with Crippen LogP contribution in [0.4, 0.5) is 0 Å². The molecule has 1 aliphatic heterocycles. The fourth-order valence-electron chi connectivity index (χ4n) is 5.49. The Kier molecular flexibility index (Phi) is 9.43. The normalized spacial score (nSPS) is 17.6. The van der Waals surface area contributed by atoms with Gasteiger partial charge in [0.05, 0.1) is 21.3 Å². The predicted octanol–water partition coefficient (Wildman–Crippen LogP) is 3.84. The number of piperazine rings is 1. The first-order valence-corrected chi connectivity index (χ1v) is 17.6. The van der Waals surface area contributed by atoms with Gasteiger partial charge in [0.2, 0.25) is 26.0 Å². The molecule has 2 heterocycles. The molecule has 0 radical (unpaired) electrons. The summed E-state index contributed by atoms with van der Waals surface area (Å²) in [6, 6.07) is 21.7. The third-order valence-corrected chi connectivity index (χ3v) is 11.9. The lowest BCUT2D eigenvalue weighted by atomic mass is 9.87. The molecule has 1 fully saturated rings. The summed E-state index contributed by atoms with van der Waals surface area (Å²) in [6.45, 7) is 5.12. The quantitative estimate of drug-likeness (QED) is 0.281. The molecule has 12 heteroatoms. The highest BCUT2D eigenvalue weighted by Crippen LogP contribution is 2.29. The zero-order valence-electron chi connectivity index (χ0n) is 25.5. The second-order valence-corrected chi connectivity index (χ2v) is 15.9. The minimum Gasteiger partial charge on any atom is -0.396 e. The first-order chi connectivity index (χ1) is 21.3. The van der Waals surface area contributed by atoms with Crippen molar-refractivity contribution in [3.05, 3.63) is 102 Å². The van der Waals surface area contributed by atoms with Crippen molar-refractivity contribution < 1.29 is 26.7 Å². The molecular weight excluding hydrogens is 613 g/mol. The number of aromatic nitrogens is 1. The van der Waals surface area contributed by atoms with Gasteiger partial charge in [-0.05, 0) is 59.4 Å². The number of sulfonamides is 2. The topological polar surface area (TPSA) is 137 Å². The van der Waals surface area contributed by atoms with Gasteiger partial charge in [0, 0.05) is 37.8 Å². The zero-order valence-corrected chi connectivity index (χ0v) is 27.1. The predicted molar refractivity (Wildman–Crippen MR) is 172 cm³/mol. The average Bonchev–Trinajstić information content (AvgIpc) is 3.04. The Bertz CT molecular complexity index is 1880. The number of aliphatic hydroxyl groups excluding tert-OH is 1. The summed E-state index contributed by atoms with van der Waals surface area (Å²) in [7, 11) is -8.30. The van der Waals surface area contributed by atoms with Crippen molar-refractivity contribution in [2.24, 2.45) is 0 Å². The number of hydrogen-bond donors (Lipinski definition) is 2. The summed E-state index contributed by atoms with van der Waals surface area (Å²) in [5.74, 6) is -0.661. The second kappa shape index (κ2) is 13.0. The summed E-state index contributed by atoms with van der Waals surface area (Å²) in [5, 5.41) is 13.2. The number of carbonyl (C=O) groups excluding carboxylic acids is 1. The lowest BCUT2D eigenvalue weighted by molar-refractivity contribution is -0.126. The molecule has 2 atom stereocenters. The van der Waals surface area contributed by atoms with E-state index in [-0.39, 0.29) is 47.9 Å². The third-order valence-electron chi connectivity index (χ3n) is 8.07. The number of carbonyl (C=O) groups is 1. The highest BCUT2D eigenvalue weighted by atomic mass is 32.2. The molecule has 1 saturated heterocycles. The van der Waals surface area contributed by atoms with Crippen molar-refractivity contribution in [2.75, 3.05) is 26.2 Å². The van der Waals surface area contributed by atoms with Gasteiger partial charge in [-0.25, -0.2) is 16.8 Å². The Morgan fingerprint density at radius 1 is 0.911 bits per heavy atom. The smallest absolute Gasteiger partial charge is 0.243 e. The Labute approximate surface area is 264 Å². The lowest BCUT2D eigenvalue weighted by Gasteiger charge is -2.39. The fraction of sp³-hybridized carbons (Fsp3) is 0.333. The summed E-state index contributed by atoms with van der Waals surface area (Å²) in [6.07, 6.45) is 1.80. The first-order valence-electron chi connectivity index (χ1n) is 14.8. The van der Waals surface area contributed by atoms with Crippen LogP contribution in [0.3, 0.4) is 0 Å². The van der Waals surface area contributed by atoms with Gasteiger partial charge in [0.15, 0.2) is 0 Å². The summed E-state index contributed by atoms with van der Waals surface area (Å²) in [4.78, 5) is 18.3. The van der Waals surface area contributed by atoms with Crippen LogP contribution < -0.4 is 5.32 Å². The lowest BCUT2D eigenvalue weighted by Crippen LogP contribution is -2.61. The SMILES string of the molecule is CC(C)(C)c1ccc(S(=O)(=O)N2CCN(S(=O)(=O)c3ccc4ncccc4c3)[C@@H](C(=O)N[C@@H](CCO)c3ccccc3)C2)cc1. The van der Waals surface area contributed by atoms with E-state index in [1.54, 1.807) is 72.9 Å². The van der Waals surface area contributed by atoms with Gasteiger partial charge in [-0.1, -0.05) is 69.3 Å².